The van der Waals surface area contributed by atoms with Crippen molar-refractivity contribution < 1.29 is 19.1 Å². The Morgan fingerprint density at radius 1 is 1.19 bits per heavy atom. The van der Waals surface area contributed by atoms with Crippen molar-refractivity contribution in [1.29, 1.82) is 0 Å². The second kappa shape index (κ2) is 7.27. The molecule has 162 valence electrons. The van der Waals surface area contributed by atoms with E-state index in [1.165, 1.54) is 0 Å². The van der Waals surface area contributed by atoms with Gasteiger partial charge in [0.25, 0.3) is 0 Å². The molecule has 3 aliphatic rings. The highest BCUT2D eigenvalue weighted by Crippen LogP contribution is 2.55. The van der Waals surface area contributed by atoms with Gasteiger partial charge in [-0.1, -0.05) is 17.7 Å². The number of carbonyl (C=O) groups excluding carboxylic acids is 2. The van der Waals surface area contributed by atoms with Crippen LogP contribution in [0.5, 0.6) is 11.5 Å². The van der Waals surface area contributed by atoms with Crippen LogP contribution in [-0.4, -0.2) is 43.5 Å². The zero-order valence-electron chi connectivity index (χ0n) is 18.0. The first-order valence-electron chi connectivity index (χ1n) is 10.7. The van der Waals surface area contributed by atoms with Gasteiger partial charge in [0.15, 0.2) is 0 Å². The number of carbonyl (C=O) groups is 2. The maximum Gasteiger partial charge on any atom is 0.250 e. The zero-order valence-corrected chi connectivity index (χ0v) is 18.0. The Morgan fingerprint density at radius 2 is 2.03 bits per heavy atom. The van der Waals surface area contributed by atoms with Gasteiger partial charge < -0.3 is 20.1 Å². The summed E-state index contributed by atoms with van der Waals surface area (Å²) in [7, 11) is 3.14. The third-order valence-corrected chi connectivity index (χ3v) is 7.00. The maximum absolute atomic E-state index is 13.7. The summed E-state index contributed by atoms with van der Waals surface area (Å²) in [6, 6.07) is 11.5. The third kappa shape index (κ3) is 2.83. The fraction of sp³-hybridized carbons (Fsp3) is 0.417. The van der Waals surface area contributed by atoms with Gasteiger partial charge in [0, 0.05) is 23.4 Å². The molecular weight excluding hydrogens is 394 g/mol. The van der Waals surface area contributed by atoms with Crippen molar-refractivity contribution in [3.8, 4) is 11.5 Å². The molecule has 5 rings (SSSR count). The summed E-state index contributed by atoms with van der Waals surface area (Å²) < 4.78 is 10.7. The predicted octanol–water partition coefficient (Wildman–Crippen LogP) is 3.28. The number of methoxy groups -OCH3 is 2. The van der Waals surface area contributed by atoms with Gasteiger partial charge in [-0.3, -0.25) is 14.5 Å². The van der Waals surface area contributed by atoms with Crippen LogP contribution >= 0.6 is 0 Å². The van der Waals surface area contributed by atoms with E-state index in [-0.39, 0.29) is 17.9 Å². The Hall–Kier alpha value is -3.06. The molecule has 3 heterocycles. The van der Waals surface area contributed by atoms with Gasteiger partial charge >= 0.3 is 0 Å². The molecule has 31 heavy (non-hydrogen) atoms. The van der Waals surface area contributed by atoms with Crippen LogP contribution in [0.25, 0.3) is 0 Å². The van der Waals surface area contributed by atoms with Gasteiger partial charge in [0.2, 0.25) is 11.8 Å². The van der Waals surface area contributed by atoms with E-state index in [1.807, 2.05) is 19.1 Å². The second-order valence-corrected chi connectivity index (χ2v) is 8.60. The number of aryl methyl sites for hydroxylation is 1. The molecule has 2 amide bonds. The lowest BCUT2D eigenvalue weighted by atomic mass is 9.78. The van der Waals surface area contributed by atoms with E-state index < -0.39 is 11.5 Å². The van der Waals surface area contributed by atoms with Gasteiger partial charge in [-0.15, -0.1) is 0 Å². The van der Waals surface area contributed by atoms with Crippen LogP contribution in [0.3, 0.4) is 0 Å². The van der Waals surface area contributed by atoms with Crippen molar-refractivity contribution in [2.24, 2.45) is 5.92 Å². The number of anilines is 2. The summed E-state index contributed by atoms with van der Waals surface area (Å²) in [6.07, 6.45) is 2.69. The van der Waals surface area contributed by atoms with E-state index in [2.05, 4.69) is 21.6 Å². The van der Waals surface area contributed by atoms with Crippen LogP contribution in [0.1, 0.15) is 30.4 Å². The molecule has 1 spiro atoms. The Balaban J connectivity index is 1.57. The van der Waals surface area contributed by atoms with Gasteiger partial charge in [-0.25, -0.2) is 0 Å². The number of nitrogens with one attached hydrogen (secondary N) is 2. The average Bonchev–Trinajstić information content (AvgIpc) is 3.42. The van der Waals surface area contributed by atoms with Crippen molar-refractivity contribution in [3.63, 3.8) is 0 Å². The van der Waals surface area contributed by atoms with Crippen molar-refractivity contribution in [1.82, 2.24) is 4.90 Å². The van der Waals surface area contributed by atoms with E-state index in [1.54, 1.807) is 32.4 Å². The number of nitrogens with zero attached hydrogens (tertiary/aromatic N) is 1. The first-order valence-corrected chi connectivity index (χ1v) is 10.7. The molecule has 2 aromatic rings. The number of rotatable bonds is 4. The lowest BCUT2D eigenvalue weighted by Crippen LogP contribution is -2.53. The minimum absolute atomic E-state index is 0.102. The molecular formula is C24H27N3O4. The summed E-state index contributed by atoms with van der Waals surface area (Å²) >= 11 is 0. The van der Waals surface area contributed by atoms with Gasteiger partial charge in [0.1, 0.15) is 17.0 Å². The van der Waals surface area contributed by atoms with Crippen LogP contribution in [0.2, 0.25) is 0 Å². The molecule has 2 fully saturated rings. The summed E-state index contributed by atoms with van der Waals surface area (Å²) in [5, 5.41) is 6.09. The van der Waals surface area contributed by atoms with E-state index in [9.17, 15) is 9.59 Å². The third-order valence-electron chi connectivity index (χ3n) is 7.00. The normalized spacial score (nSPS) is 26.5. The lowest BCUT2D eigenvalue weighted by Gasteiger charge is -2.36. The highest BCUT2D eigenvalue weighted by Gasteiger charge is 2.65. The standard InChI is InChI=1S/C24H27N3O4/c1-14-6-8-19-17(11-14)24(23(29)26-19)18(12-15-5-4-10-27(15)24)22(28)25-20-13-16(30-2)7-9-21(20)31-3/h6-9,11,13,15,18H,4-5,10,12H2,1-3H3,(H,25,28)(H,26,29). The maximum atomic E-state index is 13.7. The molecule has 2 N–H and O–H groups in total. The first-order chi connectivity index (χ1) is 15.0. The molecule has 0 aliphatic carbocycles. The molecule has 7 heteroatoms. The SMILES string of the molecule is COc1ccc(OC)c(NC(=O)C2CC3CCCN3C23C(=O)Nc2ccc(C)cc23)c1. The molecule has 0 radical (unpaired) electrons. The molecule has 3 unspecified atom stereocenters. The Bertz CT molecular complexity index is 1070. The van der Waals surface area contributed by atoms with E-state index in [0.717, 1.165) is 36.2 Å². The summed E-state index contributed by atoms with van der Waals surface area (Å²) in [4.78, 5) is 29.5. The van der Waals surface area contributed by atoms with Crippen molar-refractivity contribution in [3.05, 3.63) is 47.5 Å². The minimum atomic E-state index is -0.974. The Kier molecular flexibility index (Phi) is 4.66. The molecule has 0 saturated carbocycles. The largest absolute Gasteiger partial charge is 0.497 e. The van der Waals surface area contributed by atoms with Crippen LogP contribution in [0, 0.1) is 12.8 Å². The fourth-order valence-electron chi connectivity index (χ4n) is 5.67. The number of hydrogen-bond acceptors (Lipinski definition) is 5. The summed E-state index contributed by atoms with van der Waals surface area (Å²) in [5.41, 5.74) is 2.36. The first kappa shape index (κ1) is 19.9. The highest BCUT2D eigenvalue weighted by molar-refractivity contribution is 6.11. The second-order valence-electron chi connectivity index (χ2n) is 8.60. The van der Waals surface area contributed by atoms with Crippen molar-refractivity contribution in [2.45, 2.75) is 37.8 Å². The number of benzene rings is 2. The van der Waals surface area contributed by atoms with Crippen LogP contribution in [0.15, 0.2) is 36.4 Å². The summed E-state index contributed by atoms with van der Waals surface area (Å²) in [5.74, 6) is 0.392. The van der Waals surface area contributed by atoms with Gasteiger partial charge in [0.05, 0.1) is 25.8 Å². The summed E-state index contributed by atoms with van der Waals surface area (Å²) in [6.45, 7) is 2.83. The van der Waals surface area contributed by atoms with Crippen molar-refractivity contribution >= 4 is 23.2 Å². The average molecular weight is 421 g/mol. The number of amides is 2. The van der Waals surface area contributed by atoms with Crippen LogP contribution in [0.4, 0.5) is 11.4 Å². The molecule has 2 aromatic carbocycles. The van der Waals surface area contributed by atoms with E-state index in [0.29, 0.717) is 23.6 Å². The van der Waals surface area contributed by atoms with E-state index >= 15 is 0 Å². The highest BCUT2D eigenvalue weighted by atomic mass is 16.5. The van der Waals surface area contributed by atoms with Crippen LogP contribution < -0.4 is 20.1 Å². The van der Waals surface area contributed by atoms with Crippen molar-refractivity contribution in [2.75, 3.05) is 31.4 Å². The lowest BCUT2D eigenvalue weighted by molar-refractivity contribution is -0.135. The number of fused-ring (bicyclic) bond motifs is 4. The molecule has 0 aromatic heterocycles. The minimum Gasteiger partial charge on any atom is -0.497 e. The van der Waals surface area contributed by atoms with Gasteiger partial charge in [-0.05, 0) is 50.9 Å². The van der Waals surface area contributed by atoms with Crippen LogP contribution in [-0.2, 0) is 15.1 Å². The molecule has 2 saturated heterocycles. The topological polar surface area (TPSA) is 79.9 Å². The van der Waals surface area contributed by atoms with E-state index in [4.69, 9.17) is 9.47 Å². The Labute approximate surface area is 181 Å². The molecule has 3 aliphatic heterocycles. The molecule has 3 atom stereocenters. The monoisotopic (exact) mass is 421 g/mol. The number of hydrogen-bond donors (Lipinski definition) is 2. The predicted molar refractivity (Wildman–Crippen MR) is 117 cm³/mol. The molecule has 7 nitrogen and oxygen atoms in total. The zero-order chi connectivity index (χ0) is 21.8. The van der Waals surface area contributed by atoms with Gasteiger partial charge in [-0.2, -0.15) is 0 Å². The molecule has 0 bridgehead atoms. The fourth-order valence-corrected chi connectivity index (χ4v) is 5.67. The Morgan fingerprint density at radius 3 is 2.81 bits per heavy atom. The number of ether oxygens (including phenoxy) is 2. The smallest absolute Gasteiger partial charge is 0.250 e. The quantitative estimate of drug-likeness (QED) is 0.792.